The fourth-order valence-corrected chi connectivity index (χ4v) is 3.36. The SMILES string of the molecule is NC1CCCSc2cc3c(cc21)OCCCO3. The van der Waals surface area contributed by atoms with Crippen LogP contribution in [0.15, 0.2) is 17.0 Å². The third-order valence-corrected chi connectivity index (χ3v) is 4.35. The second-order valence-corrected chi connectivity index (χ2v) is 5.62. The Morgan fingerprint density at radius 2 is 1.88 bits per heavy atom. The van der Waals surface area contributed by atoms with Gasteiger partial charge in [-0.3, -0.25) is 0 Å². The van der Waals surface area contributed by atoms with Crippen LogP contribution in [0.4, 0.5) is 0 Å². The number of ether oxygens (including phenoxy) is 2. The Balaban J connectivity index is 2.03. The molecule has 0 amide bonds. The van der Waals surface area contributed by atoms with E-state index in [1.54, 1.807) is 0 Å². The Bertz CT molecular complexity index is 422. The molecule has 0 bridgehead atoms. The second kappa shape index (κ2) is 4.78. The van der Waals surface area contributed by atoms with Gasteiger partial charge in [0.05, 0.1) is 13.2 Å². The molecule has 1 aromatic rings. The van der Waals surface area contributed by atoms with Crippen molar-refractivity contribution in [2.45, 2.75) is 30.2 Å². The van der Waals surface area contributed by atoms with Gasteiger partial charge in [-0.15, -0.1) is 11.8 Å². The van der Waals surface area contributed by atoms with Crippen molar-refractivity contribution in [1.82, 2.24) is 0 Å². The van der Waals surface area contributed by atoms with E-state index < -0.39 is 0 Å². The van der Waals surface area contributed by atoms with E-state index in [2.05, 4.69) is 12.1 Å². The van der Waals surface area contributed by atoms with E-state index in [0.29, 0.717) is 0 Å². The molecule has 2 N–H and O–H groups in total. The van der Waals surface area contributed by atoms with Crippen LogP contribution in [0.25, 0.3) is 0 Å². The summed E-state index contributed by atoms with van der Waals surface area (Å²) in [7, 11) is 0. The summed E-state index contributed by atoms with van der Waals surface area (Å²) < 4.78 is 11.4. The fourth-order valence-electron chi connectivity index (χ4n) is 2.26. The van der Waals surface area contributed by atoms with E-state index in [-0.39, 0.29) is 6.04 Å². The molecular formula is C13H17NO2S. The molecule has 0 aromatic heterocycles. The lowest BCUT2D eigenvalue weighted by molar-refractivity contribution is 0.296. The molecule has 3 nitrogen and oxygen atoms in total. The molecule has 2 aliphatic heterocycles. The van der Waals surface area contributed by atoms with E-state index >= 15 is 0 Å². The predicted octanol–water partition coefficient (Wildman–Crippen LogP) is 2.73. The molecule has 92 valence electrons. The van der Waals surface area contributed by atoms with Crippen LogP contribution < -0.4 is 15.2 Å². The number of thioether (sulfide) groups is 1. The number of benzene rings is 1. The quantitative estimate of drug-likeness (QED) is 0.770. The van der Waals surface area contributed by atoms with Crippen LogP contribution in [0.5, 0.6) is 11.5 Å². The maximum Gasteiger partial charge on any atom is 0.162 e. The Labute approximate surface area is 106 Å². The maximum atomic E-state index is 6.21. The molecule has 0 saturated carbocycles. The number of hydrogen-bond acceptors (Lipinski definition) is 4. The minimum Gasteiger partial charge on any atom is -0.490 e. The highest BCUT2D eigenvalue weighted by Gasteiger charge is 2.20. The first kappa shape index (κ1) is 11.2. The van der Waals surface area contributed by atoms with Crippen molar-refractivity contribution in [3.05, 3.63) is 17.7 Å². The smallest absolute Gasteiger partial charge is 0.162 e. The van der Waals surface area contributed by atoms with Crippen LogP contribution in [-0.2, 0) is 0 Å². The average molecular weight is 251 g/mol. The first-order chi connectivity index (χ1) is 8.34. The summed E-state index contributed by atoms with van der Waals surface area (Å²) in [6.45, 7) is 1.47. The molecule has 1 unspecified atom stereocenters. The zero-order valence-electron chi connectivity index (χ0n) is 9.78. The molecule has 0 fully saturated rings. The Morgan fingerprint density at radius 3 is 2.71 bits per heavy atom. The van der Waals surface area contributed by atoms with Gasteiger partial charge >= 0.3 is 0 Å². The highest BCUT2D eigenvalue weighted by molar-refractivity contribution is 7.99. The molecule has 0 radical (unpaired) electrons. The number of hydrogen-bond donors (Lipinski definition) is 1. The zero-order valence-corrected chi connectivity index (χ0v) is 10.6. The van der Waals surface area contributed by atoms with Crippen molar-refractivity contribution in [2.24, 2.45) is 5.73 Å². The molecule has 1 aromatic carbocycles. The average Bonchev–Trinajstić information content (AvgIpc) is 2.66. The molecule has 0 saturated heterocycles. The van der Waals surface area contributed by atoms with Gasteiger partial charge in [0.1, 0.15) is 0 Å². The van der Waals surface area contributed by atoms with Gasteiger partial charge in [-0.1, -0.05) is 0 Å². The first-order valence-corrected chi connectivity index (χ1v) is 7.15. The van der Waals surface area contributed by atoms with Gasteiger partial charge in [-0.2, -0.15) is 0 Å². The summed E-state index contributed by atoms with van der Waals surface area (Å²) in [6, 6.07) is 4.32. The van der Waals surface area contributed by atoms with Gasteiger partial charge < -0.3 is 15.2 Å². The van der Waals surface area contributed by atoms with E-state index in [4.69, 9.17) is 15.2 Å². The van der Waals surface area contributed by atoms with Crippen molar-refractivity contribution in [1.29, 1.82) is 0 Å². The maximum absolute atomic E-state index is 6.21. The normalized spacial score (nSPS) is 23.5. The molecule has 1 atom stereocenters. The lowest BCUT2D eigenvalue weighted by atomic mass is 10.0. The van der Waals surface area contributed by atoms with Gasteiger partial charge in [0.25, 0.3) is 0 Å². The molecule has 2 aliphatic rings. The summed E-state index contributed by atoms with van der Waals surface area (Å²) >= 11 is 1.88. The molecule has 4 heteroatoms. The Kier molecular flexibility index (Phi) is 3.16. The highest BCUT2D eigenvalue weighted by Crippen LogP contribution is 2.41. The minimum absolute atomic E-state index is 0.136. The second-order valence-electron chi connectivity index (χ2n) is 4.48. The van der Waals surface area contributed by atoms with Crippen LogP contribution in [0.3, 0.4) is 0 Å². The van der Waals surface area contributed by atoms with E-state index in [1.807, 2.05) is 11.8 Å². The van der Waals surface area contributed by atoms with Crippen molar-refractivity contribution in [3.8, 4) is 11.5 Å². The predicted molar refractivity (Wildman–Crippen MR) is 68.9 cm³/mol. The first-order valence-electron chi connectivity index (χ1n) is 6.16. The largest absolute Gasteiger partial charge is 0.490 e. The fraction of sp³-hybridized carbons (Fsp3) is 0.538. The summed E-state index contributed by atoms with van der Waals surface area (Å²) in [5, 5.41) is 0. The number of nitrogens with two attached hydrogens (primary N) is 1. The van der Waals surface area contributed by atoms with Gasteiger partial charge in [0, 0.05) is 17.4 Å². The van der Waals surface area contributed by atoms with Crippen LogP contribution in [-0.4, -0.2) is 19.0 Å². The Hall–Kier alpha value is -0.870. The van der Waals surface area contributed by atoms with Gasteiger partial charge in [-0.25, -0.2) is 0 Å². The molecule has 0 aliphatic carbocycles. The monoisotopic (exact) mass is 251 g/mol. The van der Waals surface area contributed by atoms with Crippen LogP contribution in [0.2, 0.25) is 0 Å². The van der Waals surface area contributed by atoms with Crippen LogP contribution >= 0.6 is 11.8 Å². The van der Waals surface area contributed by atoms with Crippen LogP contribution in [0.1, 0.15) is 30.9 Å². The van der Waals surface area contributed by atoms with Crippen molar-refractivity contribution in [2.75, 3.05) is 19.0 Å². The third kappa shape index (κ3) is 2.24. The standard InChI is InChI=1S/C13H17NO2S/c14-10-3-1-6-17-13-8-12-11(7-9(10)13)15-4-2-5-16-12/h7-8,10H,1-6,14H2. The lowest BCUT2D eigenvalue weighted by Crippen LogP contribution is -2.10. The molecular weight excluding hydrogens is 234 g/mol. The van der Waals surface area contributed by atoms with Crippen molar-refractivity contribution >= 4 is 11.8 Å². The van der Waals surface area contributed by atoms with E-state index in [0.717, 1.165) is 43.3 Å². The topological polar surface area (TPSA) is 44.5 Å². The lowest BCUT2D eigenvalue weighted by Gasteiger charge is -2.15. The minimum atomic E-state index is 0.136. The Morgan fingerprint density at radius 1 is 1.12 bits per heavy atom. The van der Waals surface area contributed by atoms with Crippen molar-refractivity contribution < 1.29 is 9.47 Å². The van der Waals surface area contributed by atoms with Gasteiger partial charge in [0.2, 0.25) is 0 Å². The summed E-state index contributed by atoms with van der Waals surface area (Å²) in [5.74, 6) is 2.88. The number of fused-ring (bicyclic) bond motifs is 2. The van der Waals surface area contributed by atoms with E-state index in [9.17, 15) is 0 Å². The third-order valence-electron chi connectivity index (χ3n) is 3.20. The summed E-state index contributed by atoms with van der Waals surface area (Å²) in [5.41, 5.74) is 7.43. The number of rotatable bonds is 0. The summed E-state index contributed by atoms with van der Waals surface area (Å²) in [4.78, 5) is 1.26. The van der Waals surface area contributed by atoms with Gasteiger partial charge in [0.15, 0.2) is 11.5 Å². The zero-order chi connectivity index (χ0) is 11.7. The highest BCUT2D eigenvalue weighted by atomic mass is 32.2. The van der Waals surface area contributed by atoms with Crippen LogP contribution in [0, 0.1) is 0 Å². The van der Waals surface area contributed by atoms with Crippen molar-refractivity contribution in [3.63, 3.8) is 0 Å². The summed E-state index contributed by atoms with van der Waals surface area (Å²) in [6.07, 6.45) is 3.17. The molecule has 3 rings (SSSR count). The van der Waals surface area contributed by atoms with E-state index in [1.165, 1.54) is 16.9 Å². The molecule has 17 heavy (non-hydrogen) atoms. The van der Waals surface area contributed by atoms with Gasteiger partial charge in [-0.05, 0) is 36.3 Å². The molecule has 2 heterocycles. The molecule has 0 spiro atoms.